The zero-order valence-electron chi connectivity index (χ0n) is 13.8. The van der Waals surface area contributed by atoms with Gasteiger partial charge >= 0.3 is 0 Å². The summed E-state index contributed by atoms with van der Waals surface area (Å²) in [6.07, 6.45) is 6.29. The third kappa shape index (κ3) is 8.33. The van der Waals surface area contributed by atoms with E-state index in [4.69, 9.17) is 16.3 Å². The minimum absolute atomic E-state index is 0.645. The van der Waals surface area contributed by atoms with Crippen LogP contribution in [0.5, 0.6) is 5.75 Å². The van der Waals surface area contributed by atoms with Crippen molar-refractivity contribution in [2.45, 2.75) is 59.4 Å². The molecule has 0 aromatic heterocycles. The van der Waals surface area contributed by atoms with Gasteiger partial charge < -0.3 is 10.1 Å². The lowest BCUT2D eigenvalue weighted by atomic mass is 10.1. The molecule has 3 heteroatoms. The average molecular weight is 312 g/mol. The minimum Gasteiger partial charge on any atom is -0.493 e. The van der Waals surface area contributed by atoms with E-state index in [1.54, 1.807) is 0 Å². The lowest BCUT2D eigenvalue weighted by Crippen LogP contribution is -2.19. The lowest BCUT2D eigenvalue weighted by molar-refractivity contribution is 0.300. The molecule has 0 spiro atoms. The highest BCUT2D eigenvalue weighted by Gasteiger charge is 2.05. The van der Waals surface area contributed by atoms with Gasteiger partial charge in [-0.2, -0.15) is 0 Å². The zero-order valence-corrected chi connectivity index (χ0v) is 14.5. The Balaban J connectivity index is 2.40. The van der Waals surface area contributed by atoms with Crippen LogP contribution in [-0.2, 0) is 6.54 Å². The van der Waals surface area contributed by atoms with Crippen LogP contribution in [0.25, 0.3) is 0 Å². The quantitative estimate of drug-likeness (QED) is 0.550. The van der Waals surface area contributed by atoms with Gasteiger partial charge in [-0.3, -0.25) is 0 Å². The van der Waals surface area contributed by atoms with Crippen LogP contribution in [0.2, 0.25) is 5.02 Å². The van der Waals surface area contributed by atoms with Gasteiger partial charge in [0.1, 0.15) is 5.75 Å². The largest absolute Gasteiger partial charge is 0.493 e. The van der Waals surface area contributed by atoms with E-state index >= 15 is 0 Å². The predicted molar refractivity (Wildman–Crippen MR) is 92.3 cm³/mol. The highest BCUT2D eigenvalue weighted by atomic mass is 35.5. The summed E-state index contributed by atoms with van der Waals surface area (Å²) >= 11 is 6.09. The van der Waals surface area contributed by atoms with Crippen molar-refractivity contribution in [3.63, 3.8) is 0 Å². The summed E-state index contributed by atoms with van der Waals surface area (Å²) in [5.41, 5.74) is 1.15. The Labute approximate surface area is 135 Å². The Morgan fingerprint density at radius 2 is 1.90 bits per heavy atom. The first-order valence-electron chi connectivity index (χ1n) is 8.25. The summed E-state index contributed by atoms with van der Waals surface area (Å²) in [6.45, 7) is 9.26. The maximum Gasteiger partial charge on any atom is 0.123 e. The molecule has 1 N–H and O–H groups in total. The second kappa shape index (κ2) is 10.9. The van der Waals surface area contributed by atoms with Crippen molar-refractivity contribution >= 4 is 11.6 Å². The van der Waals surface area contributed by atoms with Crippen molar-refractivity contribution in [3.05, 3.63) is 28.8 Å². The number of benzene rings is 1. The van der Waals surface area contributed by atoms with Crippen LogP contribution in [0.4, 0.5) is 0 Å². The van der Waals surface area contributed by atoms with Crippen molar-refractivity contribution in [1.29, 1.82) is 0 Å². The Kier molecular flexibility index (Phi) is 9.53. The van der Waals surface area contributed by atoms with Gasteiger partial charge in [0.05, 0.1) is 6.61 Å². The van der Waals surface area contributed by atoms with Crippen molar-refractivity contribution in [2.75, 3.05) is 13.2 Å². The Morgan fingerprint density at radius 1 is 1.14 bits per heavy atom. The van der Waals surface area contributed by atoms with Crippen LogP contribution >= 0.6 is 11.6 Å². The number of hydrogen-bond acceptors (Lipinski definition) is 2. The summed E-state index contributed by atoms with van der Waals surface area (Å²) in [6, 6.07) is 5.89. The molecule has 0 atom stereocenters. The molecule has 21 heavy (non-hydrogen) atoms. The lowest BCUT2D eigenvalue weighted by Gasteiger charge is -2.13. The summed E-state index contributed by atoms with van der Waals surface area (Å²) in [5, 5.41) is 4.22. The van der Waals surface area contributed by atoms with Crippen LogP contribution in [0.15, 0.2) is 18.2 Å². The molecule has 1 rings (SSSR count). The molecule has 1 aromatic carbocycles. The maximum atomic E-state index is 6.09. The van der Waals surface area contributed by atoms with Gasteiger partial charge in [0.15, 0.2) is 0 Å². The first-order valence-corrected chi connectivity index (χ1v) is 8.63. The van der Waals surface area contributed by atoms with Crippen LogP contribution < -0.4 is 10.1 Å². The fourth-order valence-corrected chi connectivity index (χ4v) is 2.40. The number of nitrogens with one attached hydrogen (secondary N) is 1. The Morgan fingerprint density at radius 3 is 2.62 bits per heavy atom. The number of unbranched alkanes of at least 4 members (excludes halogenated alkanes) is 4. The number of hydrogen-bond donors (Lipinski definition) is 1. The van der Waals surface area contributed by atoms with Gasteiger partial charge in [-0.25, -0.2) is 0 Å². The summed E-state index contributed by atoms with van der Waals surface area (Å²) < 4.78 is 5.93. The van der Waals surface area contributed by atoms with E-state index in [0.29, 0.717) is 5.92 Å². The van der Waals surface area contributed by atoms with Gasteiger partial charge in [0.25, 0.3) is 0 Å². The van der Waals surface area contributed by atoms with Crippen molar-refractivity contribution in [1.82, 2.24) is 5.32 Å². The monoisotopic (exact) mass is 311 g/mol. The van der Waals surface area contributed by atoms with Crippen molar-refractivity contribution < 1.29 is 4.74 Å². The third-order valence-corrected chi connectivity index (χ3v) is 3.63. The fourth-order valence-electron chi connectivity index (χ4n) is 2.21. The molecule has 0 aliphatic heterocycles. The second-order valence-corrected chi connectivity index (χ2v) is 6.48. The van der Waals surface area contributed by atoms with Crippen LogP contribution in [0.1, 0.15) is 58.4 Å². The van der Waals surface area contributed by atoms with Gasteiger partial charge in [-0.15, -0.1) is 0 Å². The summed E-state index contributed by atoms with van der Waals surface area (Å²) in [5.74, 6) is 1.61. The maximum absolute atomic E-state index is 6.09. The SMILES string of the molecule is CCCCCCCOc1ccc(Cl)cc1CNCC(C)C. The van der Waals surface area contributed by atoms with Crippen molar-refractivity contribution in [2.24, 2.45) is 5.92 Å². The Bertz CT molecular complexity index is 393. The van der Waals surface area contributed by atoms with Crippen LogP contribution in [0, 0.1) is 5.92 Å². The normalized spacial score (nSPS) is 11.1. The topological polar surface area (TPSA) is 21.3 Å². The van der Waals surface area contributed by atoms with E-state index in [0.717, 1.165) is 42.5 Å². The molecule has 2 nitrogen and oxygen atoms in total. The van der Waals surface area contributed by atoms with Crippen molar-refractivity contribution in [3.8, 4) is 5.75 Å². The first kappa shape index (κ1) is 18.3. The van der Waals surface area contributed by atoms with E-state index in [-0.39, 0.29) is 0 Å². The molecular weight excluding hydrogens is 282 g/mol. The third-order valence-electron chi connectivity index (χ3n) is 3.40. The molecule has 0 saturated carbocycles. The standard InChI is InChI=1S/C18H30ClNO/c1-4-5-6-7-8-11-21-18-10-9-17(19)12-16(18)14-20-13-15(2)3/h9-10,12,15,20H,4-8,11,13-14H2,1-3H3. The molecule has 0 aliphatic carbocycles. The molecule has 0 unspecified atom stereocenters. The number of halogens is 1. The van der Waals surface area contributed by atoms with E-state index in [2.05, 4.69) is 26.1 Å². The van der Waals surface area contributed by atoms with E-state index in [1.165, 1.54) is 25.7 Å². The second-order valence-electron chi connectivity index (χ2n) is 6.04. The minimum atomic E-state index is 0.645. The van der Waals surface area contributed by atoms with Gasteiger partial charge in [0, 0.05) is 17.1 Å². The molecule has 0 amide bonds. The molecule has 0 saturated heterocycles. The molecule has 120 valence electrons. The zero-order chi connectivity index (χ0) is 15.5. The molecule has 0 radical (unpaired) electrons. The molecule has 0 fully saturated rings. The molecule has 0 bridgehead atoms. The van der Waals surface area contributed by atoms with E-state index < -0.39 is 0 Å². The number of ether oxygens (including phenoxy) is 1. The van der Waals surface area contributed by atoms with E-state index in [9.17, 15) is 0 Å². The first-order chi connectivity index (χ1) is 10.1. The van der Waals surface area contributed by atoms with Gasteiger partial charge in [-0.05, 0) is 37.1 Å². The van der Waals surface area contributed by atoms with Crippen LogP contribution in [0.3, 0.4) is 0 Å². The predicted octanol–water partition coefficient (Wildman–Crippen LogP) is 5.43. The average Bonchev–Trinajstić information content (AvgIpc) is 2.44. The summed E-state index contributed by atoms with van der Waals surface area (Å²) in [7, 11) is 0. The van der Waals surface area contributed by atoms with Crippen LogP contribution in [-0.4, -0.2) is 13.2 Å². The fraction of sp³-hybridized carbons (Fsp3) is 0.667. The highest BCUT2D eigenvalue weighted by molar-refractivity contribution is 6.30. The summed E-state index contributed by atoms with van der Waals surface area (Å²) in [4.78, 5) is 0. The Hall–Kier alpha value is -0.730. The van der Waals surface area contributed by atoms with Gasteiger partial charge in [-0.1, -0.05) is 58.1 Å². The molecule has 1 aromatic rings. The number of rotatable bonds is 11. The molecular formula is C18H30ClNO. The smallest absolute Gasteiger partial charge is 0.123 e. The molecule has 0 heterocycles. The van der Waals surface area contributed by atoms with E-state index in [1.807, 2.05) is 18.2 Å². The molecule has 0 aliphatic rings. The van der Waals surface area contributed by atoms with Gasteiger partial charge in [0.2, 0.25) is 0 Å². The highest BCUT2D eigenvalue weighted by Crippen LogP contribution is 2.23.